The van der Waals surface area contributed by atoms with Gasteiger partial charge in [0.2, 0.25) is 21.5 Å². The molecule has 1 fully saturated rings. The van der Waals surface area contributed by atoms with Gasteiger partial charge in [-0.2, -0.15) is 4.72 Å². The number of hydrogen-bond acceptors (Lipinski definition) is 7. The van der Waals surface area contributed by atoms with Crippen LogP contribution in [0.15, 0.2) is 75.8 Å². The highest BCUT2D eigenvalue weighted by Gasteiger charge is 2.51. The third kappa shape index (κ3) is 6.25. The Morgan fingerprint density at radius 3 is 2.60 bits per heavy atom. The van der Waals surface area contributed by atoms with Crippen LogP contribution in [0.25, 0.3) is 10.9 Å². The van der Waals surface area contributed by atoms with Crippen LogP contribution in [-0.2, 0) is 19.6 Å². The van der Waals surface area contributed by atoms with Crippen molar-refractivity contribution in [3.05, 3.63) is 82.0 Å². The average Bonchev–Trinajstić information content (AvgIpc) is 3.66. The van der Waals surface area contributed by atoms with Gasteiger partial charge in [-0.1, -0.05) is 24.3 Å². The van der Waals surface area contributed by atoms with Gasteiger partial charge in [-0.25, -0.2) is 8.42 Å². The number of sulfonamides is 1. The first kappa shape index (κ1) is 29.9. The van der Waals surface area contributed by atoms with Crippen molar-refractivity contribution >= 4 is 44.6 Å². The summed E-state index contributed by atoms with van der Waals surface area (Å²) >= 11 is 1.63. The van der Waals surface area contributed by atoms with Gasteiger partial charge in [0, 0.05) is 35.0 Å². The van der Waals surface area contributed by atoms with Crippen LogP contribution in [0.2, 0.25) is 0 Å². The molecule has 42 heavy (non-hydrogen) atoms. The van der Waals surface area contributed by atoms with Gasteiger partial charge in [0.05, 0.1) is 4.90 Å². The molecule has 1 aliphatic heterocycles. The molecule has 1 saturated carbocycles. The zero-order valence-electron chi connectivity index (χ0n) is 23.3. The van der Waals surface area contributed by atoms with Gasteiger partial charge in [0.1, 0.15) is 23.8 Å². The number of carboxylic acid groups (broad SMARTS) is 1. The normalized spacial score (nSPS) is 19.9. The Hall–Kier alpha value is -3.61. The maximum absolute atomic E-state index is 14.2. The van der Waals surface area contributed by atoms with E-state index in [9.17, 15) is 27.9 Å². The van der Waals surface area contributed by atoms with Gasteiger partial charge < -0.3 is 19.7 Å². The standard InChI is InChI=1S/C30H33N3O7S2/c1-3-33(18-29(2)13-6-16-41-29)27(35)26(22-7-4-5-8-24(22)40-19-30(14-15-30)28(36)37)32-42(38,39)21-10-11-23-20(17-21)9-12-25(34)31-23/h4-12,16-17,26,32H,3,13-15,18-19H2,1-2H3,(H,31,34)(H,36,37)/t26-,29?/m0/s1. The molecule has 2 aromatic carbocycles. The molecular formula is C30H33N3O7S2. The zero-order chi connectivity index (χ0) is 30.1. The molecule has 12 heteroatoms. The monoisotopic (exact) mass is 611 g/mol. The summed E-state index contributed by atoms with van der Waals surface area (Å²) in [5.74, 6) is -1.16. The molecule has 10 nitrogen and oxygen atoms in total. The summed E-state index contributed by atoms with van der Waals surface area (Å²) in [7, 11) is -4.26. The number of benzene rings is 2. The van der Waals surface area contributed by atoms with Crippen molar-refractivity contribution in [2.75, 3.05) is 19.7 Å². The number of H-pyrrole nitrogens is 1. The number of carbonyl (C=O) groups is 2. The van der Waals surface area contributed by atoms with Crippen LogP contribution < -0.4 is 15.0 Å². The van der Waals surface area contributed by atoms with Gasteiger partial charge in [-0.15, -0.1) is 11.8 Å². The molecule has 3 N–H and O–H groups in total. The van der Waals surface area contributed by atoms with Gasteiger partial charge in [-0.05, 0) is 74.2 Å². The molecule has 2 aliphatic rings. The Balaban J connectivity index is 1.51. The second-order valence-electron chi connectivity index (χ2n) is 11.0. The van der Waals surface area contributed by atoms with Crippen LogP contribution in [0.3, 0.4) is 0 Å². The van der Waals surface area contributed by atoms with E-state index in [-0.39, 0.29) is 33.1 Å². The molecule has 2 atom stereocenters. The van der Waals surface area contributed by atoms with Crippen molar-refractivity contribution in [2.45, 2.75) is 48.8 Å². The number of carbonyl (C=O) groups excluding carboxylic acids is 1. The number of aromatic nitrogens is 1. The van der Waals surface area contributed by atoms with E-state index in [1.54, 1.807) is 40.9 Å². The van der Waals surface area contributed by atoms with Gasteiger partial charge >= 0.3 is 5.97 Å². The lowest BCUT2D eigenvalue weighted by Gasteiger charge is -2.34. The Morgan fingerprint density at radius 1 is 1.17 bits per heavy atom. The van der Waals surface area contributed by atoms with Gasteiger partial charge in [0.25, 0.3) is 0 Å². The lowest BCUT2D eigenvalue weighted by Crippen LogP contribution is -2.47. The minimum atomic E-state index is -4.26. The van der Waals surface area contributed by atoms with E-state index in [4.69, 9.17) is 4.74 Å². The van der Waals surface area contributed by atoms with Crippen molar-refractivity contribution < 1.29 is 27.9 Å². The maximum Gasteiger partial charge on any atom is 0.313 e. The van der Waals surface area contributed by atoms with Crippen LogP contribution >= 0.6 is 11.8 Å². The fourth-order valence-electron chi connectivity index (χ4n) is 5.00. The van der Waals surface area contributed by atoms with Crippen LogP contribution in [0.4, 0.5) is 0 Å². The fourth-order valence-corrected chi connectivity index (χ4v) is 7.15. The number of allylic oxidation sites excluding steroid dienone is 1. The second-order valence-corrected chi connectivity index (χ2v) is 14.2. The quantitative estimate of drug-likeness (QED) is 0.278. The van der Waals surface area contributed by atoms with E-state index in [0.717, 1.165) is 6.42 Å². The minimum Gasteiger partial charge on any atom is -0.492 e. The molecule has 0 bridgehead atoms. The molecule has 1 aromatic heterocycles. The number of para-hydroxylation sites is 1. The molecule has 0 saturated heterocycles. The summed E-state index contributed by atoms with van der Waals surface area (Å²) in [4.78, 5) is 41.9. The summed E-state index contributed by atoms with van der Waals surface area (Å²) in [6, 6.07) is 12.4. The third-order valence-electron chi connectivity index (χ3n) is 7.78. The molecule has 0 spiro atoms. The summed E-state index contributed by atoms with van der Waals surface area (Å²) in [6.45, 7) is 4.56. The highest BCUT2D eigenvalue weighted by Crippen LogP contribution is 2.46. The van der Waals surface area contributed by atoms with Crippen molar-refractivity contribution in [2.24, 2.45) is 5.41 Å². The number of nitrogens with one attached hydrogen (secondary N) is 2. The number of likely N-dealkylation sites (N-methyl/N-ethyl adjacent to an activating group) is 1. The predicted molar refractivity (Wildman–Crippen MR) is 161 cm³/mol. The van der Waals surface area contributed by atoms with E-state index in [1.807, 2.05) is 12.3 Å². The third-order valence-corrected chi connectivity index (χ3v) is 10.4. The number of aliphatic carboxylic acids is 1. The first-order valence-electron chi connectivity index (χ1n) is 13.7. The topological polar surface area (TPSA) is 146 Å². The van der Waals surface area contributed by atoms with Gasteiger partial charge in [0.15, 0.2) is 0 Å². The number of thioether (sulfide) groups is 1. The molecule has 5 rings (SSSR count). The van der Waals surface area contributed by atoms with E-state index >= 15 is 0 Å². The van der Waals surface area contributed by atoms with Crippen molar-refractivity contribution in [3.63, 3.8) is 0 Å². The Labute approximate surface area is 248 Å². The number of nitrogens with zero attached hydrogens (tertiary/aromatic N) is 1. The number of amides is 1. The highest BCUT2D eigenvalue weighted by molar-refractivity contribution is 8.03. The number of carboxylic acids is 1. The zero-order valence-corrected chi connectivity index (χ0v) is 25.0. The number of fused-ring (bicyclic) bond motifs is 1. The minimum absolute atomic E-state index is 0.0772. The molecule has 1 unspecified atom stereocenters. The molecule has 0 radical (unpaired) electrons. The molecule has 2 heterocycles. The second kappa shape index (κ2) is 11.6. The van der Waals surface area contributed by atoms with Crippen LogP contribution in [-0.4, -0.2) is 59.7 Å². The average molecular weight is 612 g/mol. The van der Waals surface area contributed by atoms with E-state index in [0.29, 0.717) is 36.8 Å². The molecular weight excluding hydrogens is 578 g/mol. The predicted octanol–water partition coefficient (Wildman–Crippen LogP) is 4.05. The largest absolute Gasteiger partial charge is 0.492 e. The van der Waals surface area contributed by atoms with E-state index in [2.05, 4.69) is 22.7 Å². The number of aromatic amines is 1. The molecule has 222 valence electrons. The maximum atomic E-state index is 14.2. The van der Waals surface area contributed by atoms with Crippen molar-refractivity contribution in [1.29, 1.82) is 0 Å². The van der Waals surface area contributed by atoms with E-state index < -0.39 is 33.4 Å². The summed E-state index contributed by atoms with van der Waals surface area (Å²) in [6.07, 6.45) is 3.80. The summed E-state index contributed by atoms with van der Waals surface area (Å²) in [5.41, 5.74) is -0.514. The highest BCUT2D eigenvalue weighted by atomic mass is 32.2. The van der Waals surface area contributed by atoms with Gasteiger partial charge in [-0.3, -0.25) is 14.4 Å². The van der Waals surface area contributed by atoms with Crippen LogP contribution in [0.5, 0.6) is 5.75 Å². The Morgan fingerprint density at radius 2 is 1.93 bits per heavy atom. The summed E-state index contributed by atoms with van der Waals surface area (Å²) < 4.78 is 35.9. The first-order valence-corrected chi connectivity index (χ1v) is 16.0. The van der Waals surface area contributed by atoms with Crippen LogP contribution in [0.1, 0.15) is 44.7 Å². The van der Waals surface area contributed by atoms with Crippen molar-refractivity contribution in [1.82, 2.24) is 14.6 Å². The molecule has 3 aromatic rings. The number of rotatable bonds is 12. The Kier molecular flexibility index (Phi) is 8.23. The Bertz CT molecular complexity index is 1710. The number of ether oxygens (including phenoxy) is 1. The lowest BCUT2D eigenvalue weighted by molar-refractivity contribution is -0.144. The fraction of sp³-hybridized carbons (Fsp3) is 0.367. The number of pyridine rings is 1. The lowest BCUT2D eigenvalue weighted by atomic mass is 10.0. The summed E-state index contributed by atoms with van der Waals surface area (Å²) in [5, 5.41) is 12.1. The van der Waals surface area contributed by atoms with Crippen LogP contribution in [0, 0.1) is 5.41 Å². The van der Waals surface area contributed by atoms with E-state index in [1.165, 1.54) is 30.3 Å². The SMILES string of the molecule is CCN(CC1(C)CC=CS1)C(=O)[C@@H](NS(=O)(=O)c1ccc2[nH]c(=O)ccc2c1)c1ccccc1OCC1(C(=O)O)CC1. The first-order chi connectivity index (χ1) is 20.0. The molecule has 1 aliphatic carbocycles. The smallest absolute Gasteiger partial charge is 0.313 e. The van der Waals surface area contributed by atoms with Crippen molar-refractivity contribution in [3.8, 4) is 5.75 Å². The molecule has 1 amide bonds. The number of hydrogen-bond donors (Lipinski definition) is 3.